The van der Waals surface area contributed by atoms with Crippen molar-refractivity contribution >= 4 is 11.8 Å². The van der Waals surface area contributed by atoms with Crippen LogP contribution < -0.4 is 5.32 Å². The van der Waals surface area contributed by atoms with Gasteiger partial charge in [0.05, 0.1) is 6.10 Å². The number of nitrogens with one attached hydrogen (secondary N) is 1. The molecule has 2 fully saturated rings. The highest BCUT2D eigenvalue weighted by molar-refractivity contribution is 5.94. The van der Waals surface area contributed by atoms with E-state index in [1.165, 1.54) is 12.8 Å². The predicted octanol–water partition coefficient (Wildman–Crippen LogP) is 2.24. The summed E-state index contributed by atoms with van der Waals surface area (Å²) < 4.78 is 5.53. The minimum atomic E-state index is -0.683. The first kappa shape index (κ1) is 17.3. The molecule has 1 aliphatic carbocycles. The highest BCUT2D eigenvalue weighted by atomic mass is 16.5. The van der Waals surface area contributed by atoms with Crippen LogP contribution in [0.4, 0.5) is 0 Å². The molecule has 0 aromatic rings. The summed E-state index contributed by atoms with van der Waals surface area (Å²) in [6, 6.07) is 0.297. The monoisotopic (exact) mass is 310 g/mol. The molecule has 1 saturated heterocycles. The maximum atomic E-state index is 12.7. The zero-order valence-corrected chi connectivity index (χ0v) is 14.2. The fourth-order valence-corrected chi connectivity index (χ4v) is 3.46. The van der Waals surface area contributed by atoms with E-state index >= 15 is 0 Å². The Balaban J connectivity index is 1.90. The molecule has 0 aromatic carbocycles. The van der Waals surface area contributed by atoms with Gasteiger partial charge in [0, 0.05) is 25.6 Å². The van der Waals surface area contributed by atoms with Crippen molar-refractivity contribution in [1.29, 1.82) is 0 Å². The van der Waals surface area contributed by atoms with Crippen molar-refractivity contribution in [3.05, 3.63) is 0 Å². The summed E-state index contributed by atoms with van der Waals surface area (Å²) in [6.07, 6.45) is 6.58. The second-order valence-corrected chi connectivity index (χ2v) is 7.05. The van der Waals surface area contributed by atoms with E-state index in [9.17, 15) is 9.59 Å². The molecule has 1 heterocycles. The van der Waals surface area contributed by atoms with Crippen LogP contribution >= 0.6 is 0 Å². The number of carbonyl (C=O) groups excluding carboxylic acids is 2. The van der Waals surface area contributed by atoms with Crippen LogP contribution in [0.5, 0.6) is 0 Å². The third-order valence-corrected chi connectivity index (χ3v) is 4.88. The Labute approximate surface area is 133 Å². The predicted molar refractivity (Wildman–Crippen MR) is 85.5 cm³/mol. The molecule has 1 unspecified atom stereocenters. The normalized spacial score (nSPS) is 26.2. The van der Waals surface area contributed by atoms with Crippen LogP contribution in [0.1, 0.15) is 65.7 Å². The lowest BCUT2D eigenvalue weighted by molar-refractivity contribution is -0.141. The van der Waals surface area contributed by atoms with E-state index < -0.39 is 5.54 Å². The number of likely N-dealkylation sites (tertiary alicyclic amines) is 1. The van der Waals surface area contributed by atoms with E-state index in [0.717, 1.165) is 19.3 Å². The zero-order chi connectivity index (χ0) is 16.2. The lowest BCUT2D eigenvalue weighted by Gasteiger charge is -2.35. The average molecular weight is 310 g/mol. The van der Waals surface area contributed by atoms with Crippen LogP contribution in [0.15, 0.2) is 0 Å². The first-order valence-corrected chi connectivity index (χ1v) is 8.66. The van der Waals surface area contributed by atoms with Crippen LogP contribution in [0.3, 0.4) is 0 Å². The van der Waals surface area contributed by atoms with E-state index in [4.69, 9.17) is 4.74 Å². The molecule has 2 amide bonds. The largest absolute Gasteiger partial charge is 0.379 e. The van der Waals surface area contributed by atoms with E-state index in [-0.39, 0.29) is 17.9 Å². The highest BCUT2D eigenvalue weighted by Crippen LogP contribution is 2.31. The van der Waals surface area contributed by atoms with Crippen LogP contribution in [0, 0.1) is 0 Å². The van der Waals surface area contributed by atoms with Crippen LogP contribution in [0.2, 0.25) is 0 Å². The van der Waals surface area contributed by atoms with Crippen LogP contribution in [-0.4, -0.2) is 47.6 Å². The Morgan fingerprint density at radius 2 is 2.09 bits per heavy atom. The smallest absolute Gasteiger partial charge is 0.245 e. The summed E-state index contributed by atoms with van der Waals surface area (Å²) in [5.41, 5.74) is -0.683. The van der Waals surface area contributed by atoms with Gasteiger partial charge in [-0.3, -0.25) is 9.59 Å². The van der Waals surface area contributed by atoms with Gasteiger partial charge >= 0.3 is 0 Å². The number of amides is 2. The van der Waals surface area contributed by atoms with Crippen molar-refractivity contribution in [3.63, 3.8) is 0 Å². The SMILES string of the molecule is CC(C)OCCCN1C(=O)CCC1(C)C(=O)NC1CCCC1. The second kappa shape index (κ2) is 7.44. The molecule has 1 atom stereocenters. The summed E-state index contributed by atoms with van der Waals surface area (Å²) >= 11 is 0. The Morgan fingerprint density at radius 3 is 2.73 bits per heavy atom. The minimum absolute atomic E-state index is 0.0232. The molecule has 1 saturated carbocycles. The molecule has 0 spiro atoms. The number of hydrogen-bond acceptors (Lipinski definition) is 3. The highest BCUT2D eigenvalue weighted by Gasteiger charge is 2.47. The molecule has 0 radical (unpaired) electrons. The van der Waals surface area contributed by atoms with E-state index in [1.807, 2.05) is 20.8 Å². The zero-order valence-electron chi connectivity index (χ0n) is 14.2. The van der Waals surface area contributed by atoms with E-state index in [1.54, 1.807) is 4.90 Å². The van der Waals surface area contributed by atoms with E-state index in [0.29, 0.717) is 32.0 Å². The standard InChI is InChI=1S/C17H30N2O3/c1-13(2)22-12-6-11-19-15(20)9-10-17(19,3)16(21)18-14-7-4-5-8-14/h13-14H,4-12H2,1-3H3,(H,18,21). The molecule has 5 heteroatoms. The molecular weight excluding hydrogens is 280 g/mol. The van der Waals surface area contributed by atoms with Crippen LogP contribution in [0.25, 0.3) is 0 Å². The van der Waals surface area contributed by atoms with E-state index in [2.05, 4.69) is 5.32 Å². The Kier molecular flexibility index (Phi) is 5.84. The number of carbonyl (C=O) groups is 2. The second-order valence-electron chi connectivity index (χ2n) is 7.05. The maximum absolute atomic E-state index is 12.7. The maximum Gasteiger partial charge on any atom is 0.245 e. The number of rotatable bonds is 7. The first-order chi connectivity index (χ1) is 10.4. The summed E-state index contributed by atoms with van der Waals surface area (Å²) in [4.78, 5) is 26.6. The Hall–Kier alpha value is -1.10. The van der Waals surface area contributed by atoms with Gasteiger partial charge in [-0.25, -0.2) is 0 Å². The Bertz CT molecular complexity index is 405. The van der Waals surface area contributed by atoms with Gasteiger partial charge in [-0.05, 0) is 46.5 Å². The fourth-order valence-electron chi connectivity index (χ4n) is 3.46. The van der Waals surface area contributed by atoms with Gasteiger partial charge in [-0.15, -0.1) is 0 Å². The third-order valence-electron chi connectivity index (χ3n) is 4.88. The van der Waals surface area contributed by atoms with Crippen molar-refractivity contribution in [2.75, 3.05) is 13.2 Å². The van der Waals surface area contributed by atoms with Gasteiger partial charge in [-0.2, -0.15) is 0 Å². The first-order valence-electron chi connectivity index (χ1n) is 8.66. The van der Waals surface area contributed by atoms with Crippen molar-refractivity contribution in [2.45, 2.75) is 83.4 Å². The molecular formula is C17H30N2O3. The Morgan fingerprint density at radius 1 is 1.41 bits per heavy atom. The molecule has 2 aliphatic rings. The third kappa shape index (κ3) is 4.00. The lowest BCUT2D eigenvalue weighted by Crippen LogP contribution is -2.56. The molecule has 1 aliphatic heterocycles. The van der Waals surface area contributed by atoms with Crippen molar-refractivity contribution in [1.82, 2.24) is 10.2 Å². The number of nitrogens with zero attached hydrogens (tertiary/aromatic N) is 1. The van der Waals surface area contributed by atoms with Crippen molar-refractivity contribution in [3.8, 4) is 0 Å². The molecule has 22 heavy (non-hydrogen) atoms. The van der Waals surface area contributed by atoms with Gasteiger partial charge < -0.3 is 15.0 Å². The van der Waals surface area contributed by atoms with Gasteiger partial charge in [-0.1, -0.05) is 12.8 Å². The number of ether oxygens (including phenoxy) is 1. The average Bonchev–Trinajstić information content (AvgIpc) is 3.06. The molecule has 2 rings (SSSR count). The molecule has 0 bridgehead atoms. The van der Waals surface area contributed by atoms with Gasteiger partial charge in [0.1, 0.15) is 5.54 Å². The summed E-state index contributed by atoms with van der Waals surface area (Å²) in [5.74, 6) is 0.114. The van der Waals surface area contributed by atoms with Crippen molar-refractivity contribution < 1.29 is 14.3 Å². The van der Waals surface area contributed by atoms with Crippen molar-refractivity contribution in [2.24, 2.45) is 0 Å². The summed E-state index contributed by atoms with van der Waals surface area (Å²) in [5, 5.41) is 3.16. The summed E-state index contributed by atoms with van der Waals surface area (Å²) in [6.45, 7) is 7.13. The fraction of sp³-hybridized carbons (Fsp3) is 0.882. The van der Waals surface area contributed by atoms with Crippen LogP contribution in [-0.2, 0) is 14.3 Å². The topological polar surface area (TPSA) is 58.6 Å². The van der Waals surface area contributed by atoms with Gasteiger partial charge in [0.2, 0.25) is 11.8 Å². The van der Waals surface area contributed by atoms with Gasteiger partial charge in [0.25, 0.3) is 0 Å². The quantitative estimate of drug-likeness (QED) is 0.734. The summed E-state index contributed by atoms with van der Waals surface area (Å²) in [7, 11) is 0. The molecule has 1 N–H and O–H groups in total. The number of hydrogen-bond donors (Lipinski definition) is 1. The molecule has 5 nitrogen and oxygen atoms in total. The lowest BCUT2D eigenvalue weighted by atomic mass is 9.96. The molecule has 126 valence electrons. The minimum Gasteiger partial charge on any atom is -0.379 e. The molecule has 0 aromatic heterocycles. The van der Waals surface area contributed by atoms with Gasteiger partial charge in [0.15, 0.2) is 0 Å².